The number of rotatable bonds is 20. The van der Waals surface area contributed by atoms with Gasteiger partial charge in [-0.25, -0.2) is 0 Å². The molecular formula is C23H49NO3. The molecule has 0 saturated heterocycles. The van der Waals surface area contributed by atoms with E-state index in [1.54, 1.807) is 0 Å². The molecule has 0 fully saturated rings. The largest absolute Gasteiger partial charge is 0.326 e. The SMILES string of the molecule is CCCCCCCCC(N(CC)CC)C(OCCC)(OCCC)OCCC. The first kappa shape index (κ1) is 26.8. The lowest BCUT2D eigenvalue weighted by atomic mass is 10.0. The molecule has 0 aromatic heterocycles. The molecule has 1 unspecified atom stereocenters. The summed E-state index contributed by atoms with van der Waals surface area (Å²) in [6.45, 7) is 17.1. The van der Waals surface area contributed by atoms with E-state index in [1.165, 1.54) is 38.5 Å². The fourth-order valence-corrected chi connectivity index (χ4v) is 3.51. The van der Waals surface area contributed by atoms with E-state index < -0.39 is 5.97 Å². The Labute approximate surface area is 170 Å². The van der Waals surface area contributed by atoms with Crippen molar-refractivity contribution in [1.29, 1.82) is 0 Å². The Morgan fingerprint density at radius 3 is 1.44 bits per heavy atom. The van der Waals surface area contributed by atoms with E-state index in [2.05, 4.69) is 46.4 Å². The molecule has 4 nitrogen and oxygen atoms in total. The van der Waals surface area contributed by atoms with Gasteiger partial charge in [0.25, 0.3) is 5.97 Å². The lowest BCUT2D eigenvalue weighted by Crippen LogP contribution is -2.58. The van der Waals surface area contributed by atoms with Crippen LogP contribution in [0.5, 0.6) is 0 Å². The molecule has 0 amide bonds. The van der Waals surface area contributed by atoms with Crippen molar-refractivity contribution in [2.75, 3.05) is 32.9 Å². The Hall–Kier alpha value is -0.160. The second-order valence-corrected chi connectivity index (χ2v) is 7.44. The predicted octanol–water partition coefficient (Wildman–Crippen LogP) is 6.38. The fraction of sp³-hybridized carbons (Fsp3) is 1.00. The third-order valence-electron chi connectivity index (χ3n) is 5.01. The number of likely N-dealkylation sites (N-methyl/N-ethyl adjacent to an activating group) is 1. The smallest absolute Gasteiger partial charge is 0.299 e. The van der Waals surface area contributed by atoms with Gasteiger partial charge in [-0.15, -0.1) is 0 Å². The van der Waals surface area contributed by atoms with Crippen molar-refractivity contribution >= 4 is 0 Å². The summed E-state index contributed by atoms with van der Waals surface area (Å²) in [5.74, 6) is -0.933. The van der Waals surface area contributed by atoms with Crippen LogP contribution in [0.4, 0.5) is 0 Å². The minimum atomic E-state index is -0.933. The molecule has 0 aliphatic carbocycles. The Morgan fingerprint density at radius 2 is 1.04 bits per heavy atom. The van der Waals surface area contributed by atoms with Crippen molar-refractivity contribution < 1.29 is 14.2 Å². The van der Waals surface area contributed by atoms with Crippen LogP contribution in [0.3, 0.4) is 0 Å². The summed E-state index contributed by atoms with van der Waals surface area (Å²) in [4.78, 5) is 2.47. The van der Waals surface area contributed by atoms with Crippen LogP contribution in [0.2, 0.25) is 0 Å². The van der Waals surface area contributed by atoms with Crippen LogP contribution in [0.1, 0.15) is 106 Å². The van der Waals surface area contributed by atoms with E-state index in [0.717, 1.165) is 38.8 Å². The van der Waals surface area contributed by atoms with E-state index in [-0.39, 0.29) is 6.04 Å². The Bertz CT molecular complexity index is 286. The summed E-state index contributed by atoms with van der Waals surface area (Å²) in [7, 11) is 0. The van der Waals surface area contributed by atoms with Crippen molar-refractivity contribution in [3.63, 3.8) is 0 Å². The minimum absolute atomic E-state index is 0.142. The molecule has 0 rings (SSSR count). The molecule has 1 atom stereocenters. The van der Waals surface area contributed by atoms with Crippen LogP contribution in [0, 0.1) is 0 Å². The first-order chi connectivity index (χ1) is 13.2. The second-order valence-electron chi connectivity index (χ2n) is 7.44. The van der Waals surface area contributed by atoms with Gasteiger partial charge in [0.05, 0.1) is 25.9 Å². The van der Waals surface area contributed by atoms with Crippen molar-refractivity contribution in [3.8, 4) is 0 Å². The van der Waals surface area contributed by atoms with Gasteiger partial charge in [-0.2, -0.15) is 0 Å². The standard InChI is InChI=1S/C23H49NO3/c1-7-13-14-15-16-17-18-22(24(11-5)12-6)23(25-19-8-2,26-20-9-3)27-21-10-4/h22H,7-21H2,1-6H3. The summed E-state index contributed by atoms with van der Waals surface area (Å²) in [6, 6.07) is 0.142. The van der Waals surface area contributed by atoms with Crippen molar-refractivity contribution in [2.45, 2.75) is 118 Å². The van der Waals surface area contributed by atoms with E-state index in [4.69, 9.17) is 14.2 Å². The predicted molar refractivity (Wildman–Crippen MR) is 116 cm³/mol. The van der Waals surface area contributed by atoms with Gasteiger partial charge in [0.1, 0.15) is 0 Å². The molecule has 0 aliphatic rings. The molecule has 0 N–H and O–H groups in total. The average molecular weight is 388 g/mol. The number of ether oxygens (including phenoxy) is 3. The molecule has 0 radical (unpaired) electrons. The topological polar surface area (TPSA) is 30.9 Å². The van der Waals surface area contributed by atoms with Crippen LogP contribution in [0.25, 0.3) is 0 Å². The van der Waals surface area contributed by atoms with Crippen molar-refractivity contribution in [1.82, 2.24) is 4.90 Å². The molecule has 164 valence electrons. The molecule has 0 heterocycles. The molecule has 4 heteroatoms. The molecule has 0 aromatic carbocycles. The zero-order valence-corrected chi connectivity index (χ0v) is 19.4. The highest BCUT2D eigenvalue weighted by molar-refractivity contribution is 4.82. The Balaban J connectivity index is 5.29. The number of hydrogen-bond donors (Lipinski definition) is 0. The zero-order chi connectivity index (χ0) is 20.4. The van der Waals surface area contributed by atoms with Gasteiger partial charge in [0.2, 0.25) is 0 Å². The molecule has 0 bridgehead atoms. The highest BCUT2D eigenvalue weighted by atomic mass is 16.9. The summed E-state index contributed by atoms with van der Waals surface area (Å²) < 4.78 is 19.0. The van der Waals surface area contributed by atoms with Crippen LogP contribution < -0.4 is 0 Å². The maximum Gasteiger partial charge on any atom is 0.299 e. The third-order valence-corrected chi connectivity index (χ3v) is 5.01. The molecular weight excluding hydrogens is 338 g/mol. The first-order valence-electron chi connectivity index (χ1n) is 11.8. The van der Waals surface area contributed by atoms with E-state index in [0.29, 0.717) is 19.8 Å². The maximum atomic E-state index is 6.34. The van der Waals surface area contributed by atoms with Crippen LogP contribution in [-0.2, 0) is 14.2 Å². The van der Waals surface area contributed by atoms with Gasteiger partial charge in [-0.3, -0.25) is 4.90 Å². The minimum Gasteiger partial charge on any atom is -0.326 e. The second kappa shape index (κ2) is 17.9. The zero-order valence-electron chi connectivity index (χ0n) is 19.4. The van der Waals surface area contributed by atoms with Gasteiger partial charge in [0.15, 0.2) is 0 Å². The van der Waals surface area contributed by atoms with E-state index in [1.807, 2.05) is 0 Å². The normalized spacial score (nSPS) is 13.4. The van der Waals surface area contributed by atoms with Gasteiger partial charge in [-0.1, -0.05) is 80.1 Å². The van der Waals surface area contributed by atoms with E-state index in [9.17, 15) is 0 Å². The summed E-state index contributed by atoms with van der Waals surface area (Å²) >= 11 is 0. The van der Waals surface area contributed by atoms with Crippen LogP contribution in [0.15, 0.2) is 0 Å². The van der Waals surface area contributed by atoms with E-state index >= 15 is 0 Å². The lowest BCUT2D eigenvalue weighted by Gasteiger charge is -2.44. The van der Waals surface area contributed by atoms with Gasteiger partial charge in [-0.05, 0) is 38.8 Å². The molecule has 27 heavy (non-hydrogen) atoms. The number of hydrogen-bond acceptors (Lipinski definition) is 4. The highest BCUT2D eigenvalue weighted by Gasteiger charge is 2.44. The quantitative estimate of drug-likeness (QED) is 0.179. The Morgan fingerprint density at radius 1 is 0.593 bits per heavy atom. The van der Waals surface area contributed by atoms with Crippen LogP contribution in [-0.4, -0.2) is 49.8 Å². The summed E-state index contributed by atoms with van der Waals surface area (Å²) in [6.07, 6.45) is 11.8. The van der Waals surface area contributed by atoms with Gasteiger partial charge >= 0.3 is 0 Å². The van der Waals surface area contributed by atoms with Crippen molar-refractivity contribution in [2.24, 2.45) is 0 Å². The summed E-state index contributed by atoms with van der Waals surface area (Å²) in [5.41, 5.74) is 0. The number of nitrogens with zero attached hydrogens (tertiary/aromatic N) is 1. The molecule has 0 aromatic rings. The lowest BCUT2D eigenvalue weighted by molar-refractivity contribution is -0.404. The maximum absolute atomic E-state index is 6.34. The number of unbranched alkanes of at least 4 members (excludes halogenated alkanes) is 5. The monoisotopic (exact) mass is 387 g/mol. The van der Waals surface area contributed by atoms with Crippen molar-refractivity contribution in [3.05, 3.63) is 0 Å². The Kier molecular flexibility index (Phi) is 17.8. The molecule has 0 spiro atoms. The third kappa shape index (κ3) is 10.8. The van der Waals surface area contributed by atoms with Gasteiger partial charge in [0, 0.05) is 0 Å². The summed E-state index contributed by atoms with van der Waals surface area (Å²) in [5, 5.41) is 0. The first-order valence-corrected chi connectivity index (χ1v) is 11.8. The average Bonchev–Trinajstić information content (AvgIpc) is 2.70. The van der Waals surface area contributed by atoms with Gasteiger partial charge < -0.3 is 14.2 Å². The highest BCUT2D eigenvalue weighted by Crippen LogP contribution is 2.30. The molecule has 0 saturated carbocycles. The fourth-order valence-electron chi connectivity index (χ4n) is 3.51. The molecule has 0 aliphatic heterocycles. The van der Waals surface area contributed by atoms with Crippen LogP contribution >= 0.6 is 0 Å².